The molecular formula is C14H24N4O3. The van der Waals surface area contributed by atoms with Gasteiger partial charge in [0.1, 0.15) is 6.04 Å². The third-order valence-corrected chi connectivity index (χ3v) is 3.53. The zero-order valence-corrected chi connectivity index (χ0v) is 13.0. The maximum absolute atomic E-state index is 11.8. The average molecular weight is 296 g/mol. The van der Waals surface area contributed by atoms with Crippen LogP contribution in [0.5, 0.6) is 0 Å². The van der Waals surface area contributed by atoms with Gasteiger partial charge in [0.05, 0.1) is 5.69 Å². The Kier molecular flexibility index (Phi) is 6.20. The molecule has 0 spiro atoms. The molecule has 7 heteroatoms. The molecular weight excluding hydrogens is 272 g/mol. The lowest BCUT2D eigenvalue weighted by Gasteiger charge is -2.20. The van der Waals surface area contributed by atoms with Crippen LogP contribution < -0.4 is 10.6 Å². The van der Waals surface area contributed by atoms with Crippen LogP contribution in [0.15, 0.2) is 6.20 Å². The van der Waals surface area contributed by atoms with Gasteiger partial charge in [-0.05, 0) is 12.3 Å². The molecule has 0 saturated heterocycles. The number of nitrogens with zero attached hydrogens (tertiary/aromatic N) is 2. The molecule has 0 aromatic carbocycles. The van der Waals surface area contributed by atoms with Gasteiger partial charge in [0.2, 0.25) is 0 Å². The van der Waals surface area contributed by atoms with Crippen molar-refractivity contribution in [3.63, 3.8) is 0 Å². The molecule has 0 radical (unpaired) electrons. The van der Waals surface area contributed by atoms with Crippen molar-refractivity contribution < 1.29 is 14.7 Å². The Hall–Kier alpha value is -2.05. The number of aliphatic carboxylic acids is 1. The van der Waals surface area contributed by atoms with Crippen LogP contribution in [0.2, 0.25) is 0 Å². The third kappa shape index (κ3) is 4.77. The molecule has 0 saturated carbocycles. The number of amides is 2. The Labute approximate surface area is 124 Å². The van der Waals surface area contributed by atoms with Gasteiger partial charge in [0.15, 0.2) is 0 Å². The second kappa shape index (κ2) is 7.66. The maximum atomic E-state index is 11.8. The summed E-state index contributed by atoms with van der Waals surface area (Å²) in [5.41, 5.74) is 1.86. The summed E-state index contributed by atoms with van der Waals surface area (Å²) in [6.45, 7) is 6.02. The van der Waals surface area contributed by atoms with Crippen LogP contribution in [0.1, 0.15) is 38.4 Å². The van der Waals surface area contributed by atoms with Gasteiger partial charge in [0, 0.05) is 25.4 Å². The number of aromatic nitrogens is 2. The molecule has 1 aromatic rings. The zero-order chi connectivity index (χ0) is 16.0. The van der Waals surface area contributed by atoms with E-state index in [1.807, 2.05) is 27.1 Å². The molecule has 1 rings (SSSR count). The summed E-state index contributed by atoms with van der Waals surface area (Å²) >= 11 is 0. The first-order valence-electron chi connectivity index (χ1n) is 7.17. The molecule has 0 bridgehead atoms. The molecule has 2 atom stereocenters. The first kappa shape index (κ1) is 17.0. The molecule has 0 fully saturated rings. The van der Waals surface area contributed by atoms with Gasteiger partial charge < -0.3 is 15.7 Å². The molecule has 118 valence electrons. The minimum atomic E-state index is -1.02. The van der Waals surface area contributed by atoms with Gasteiger partial charge in [0.25, 0.3) is 0 Å². The van der Waals surface area contributed by atoms with Crippen molar-refractivity contribution in [1.82, 2.24) is 20.4 Å². The highest BCUT2D eigenvalue weighted by Crippen LogP contribution is 2.09. The summed E-state index contributed by atoms with van der Waals surface area (Å²) in [7, 11) is 1.83. The van der Waals surface area contributed by atoms with Crippen LogP contribution in [0.25, 0.3) is 0 Å². The Balaban J connectivity index is 2.58. The zero-order valence-electron chi connectivity index (χ0n) is 13.0. The molecule has 7 nitrogen and oxygen atoms in total. The quantitative estimate of drug-likeness (QED) is 0.706. The largest absolute Gasteiger partial charge is 0.480 e. The van der Waals surface area contributed by atoms with Crippen LogP contribution in [0.3, 0.4) is 0 Å². The fourth-order valence-electron chi connectivity index (χ4n) is 2.08. The summed E-state index contributed by atoms with van der Waals surface area (Å²) in [4.78, 5) is 23.0. The van der Waals surface area contributed by atoms with E-state index in [9.17, 15) is 9.59 Å². The van der Waals surface area contributed by atoms with Gasteiger partial charge in [-0.3, -0.25) is 4.68 Å². The number of aryl methyl sites for hydroxylation is 2. The monoisotopic (exact) mass is 296 g/mol. The van der Waals surface area contributed by atoms with Crippen molar-refractivity contribution in [3.05, 3.63) is 17.5 Å². The number of urea groups is 1. The number of nitrogens with one attached hydrogen (secondary N) is 2. The fourth-order valence-corrected chi connectivity index (χ4v) is 2.08. The SMILES string of the molecule is CCc1nn(C)cc1CNC(=O)NC(C(=O)O)C(C)CC. The van der Waals surface area contributed by atoms with Crippen molar-refractivity contribution >= 4 is 12.0 Å². The smallest absolute Gasteiger partial charge is 0.326 e. The molecule has 21 heavy (non-hydrogen) atoms. The maximum Gasteiger partial charge on any atom is 0.326 e. The summed E-state index contributed by atoms with van der Waals surface area (Å²) in [5, 5.41) is 18.6. The average Bonchev–Trinajstić information content (AvgIpc) is 2.81. The lowest BCUT2D eigenvalue weighted by atomic mass is 9.99. The number of carboxylic acid groups (broad SMARTS) is 1. The third-order valence-electron chi connectivity index (χ3n) is 3.53. The van der Waals surface area contributed by atoms with Crippen molar-refractivity contribution in [1.29, 1.82) is 0 Å². The highest BCUT2D eigenvalue weighted by molar-refractivity contribution is 5.82. The van der Waals surface area contributed by atoms with Crippen LogP contribution in [0, 0.1) is 5.92 Å². The minimum Gasteiger partial charge on any atom is -0.480 e. The Morgan fingerprint density at radius 3 is 2.62 bits per heavy atom. The minimum absolute atomic E-state index is 0.127. The van der Waals surface area contributed by atoms with E-state index in [-0.39, 0.29) is 5.92 Å². The van der Waals surface area contributed by atoms with Crippen LogP contribution >= 0.6 is 0 Å². The lowest BCUT2D eigenvalue weighted by molar-refractivity contribution is -0.140. The van der Waals surface area contributed by atoms with Crippen molar-refractivity contribution in [3.8, 4) is 0 Å². The van der Waals surface area contributed by atoms with E-state index in [4.69, 9.17) is 5.11 Å². The molecule has 1 aromatic heterocycles. The highest BCUT2D eigenvalue weighted by atomic mass is 16.4. The van der Waals surface area contributed by atoms with E-state index in [0.29, 0.717) is 13.0 Å². The number of hydrogen-bond donors (Lipinski definition) is 3. The molecule has 2 unspecified atom stereocenters. The van der Waals surface area contributed by atoms with E-state index in [1.165, 1.54) is 0 Å². The summed E-state index contributed by atoms with van der Waals surface area (Å²) < 4.78 is 1.70. The van der Waals surface area contributed by atoms with Crippen LogP contribution in [0.4, 0.5) is 4.79 Å². The summed E-state index contributed by atoms with van der Waals surface area (Å²) in [5.74, 6) is -1.15. The van der Waals surface area contributed by atoms with E-state index >= 15 is 0 Å². The van der Waals surface area contributed by atoms with Gasteiger partial charge in [-0.15, -0.1) is 0 Å². The van der Waals surface area contributed by atoms with Gasteiger partial charge in [-0.1, -0.05) is 27.2 Å². The molecule has 2 amide bonds. The van der Waals surface area contributed by atoms with Crippen LogP contribution in [-0.2, 0) is 24.8 Å². The second-order valence-corrected chi connectivity index (χ2v) is 5.16. The summed E-state index contributed by atoms with van der Waals surface area (Å²) in [6, 6.07) is -1.36. The normalized spacial score (nSPS) is 13.5. The van der Waals surface area contributed by atoms with Gasteiger partial charge in [-0.25, -0.2) is 9.59 Å². The number of hydrogen-bond acceptors (Lipinski definition) is 3. The highest BCUT2D eigenvalue weighted by Gasteiger charge is 2.25. The van der Waals surface area contributed by atoms with Gasteiger partial charge >= 0.3 is 12.0 Å². The molecule has 3 N–H and O–H groups in total. The Morgan fingerprint density at radius 1 is 1.43 bits per heavy atom. The standard InChI is InChI=1S/C14H24N4O3/c1-5-9(3)12(13(19)20)16-14(21)15-7-10-8-18(4)17-11(10)6-2/h8-9,12H,5-7H2,1-4H3,(H,19,20)(H2,15,16,21). The Morgan fingerprint density at radius 2 is 2.10 bits per heavy atom. The number of carbonyl (C=O) groups is 2. The van der Waals surface area contributed by atoms with Gasteiger partial charge in [-0.2, -0.15) is 5.10 Å². The number of carbonyl (C=O) groups excluding carboxylic acids is 1. The topological polar surface area (TPSA) is 96.3 Å². The molecule has 0 aliphatic rings. The van der Waals surface area contributed by atoms with Crippen molar-refractivity contribution in [2.45, 2.75) is 46.2 Å². The van der Waals surface area contributed by atoms with Crippen molar-refractivity contribution in [2.24, 2.45) is 13.0 Å². The second-order valence-electron chi connectivity index (χ2n) is 5.16. The molecule has 1 heterocycles. The number of carboxylic acids is 1. The van der Waals surface area contributed by atoms with E-state index in [1.54, 1.807) is 11.6 Å². The van der Waals surface area contributed by atoms with Crippen molar-refractivity contribution in [2.75, 3.05) is 0 Å². The lowest BCUT2D eigenvalue weighted by Crippen LogP contribution is -2.48. The van der Waals surface area contributed by atoms with E-state index in [2.05, 4.69) is 15.7 Å². The predicted octanol–water partition coefficient (Wildman–Crippen LogP) is 1.28. The number of rotatable bonds is 7. The molecule has 0 aliphatic carbocycles. The predicted molar refractivity (Wildman–Crippen MR) is 78.8 cm³/mol. The van der Waals surface area contributed by atoms with E-state index in [0.717, 1.165) is 17.7 Å². The first-order chi connectivity index (χ1) is 9.88. The summed E-state index contributed by atoms with van der Waals surface area (Å²) in [6.07, 6.45) is 3.31. The Bertz CT molecular complexity index is 498. The molecule has 0 aliphatic heterocycles. The fraction of sp³-hybridized carbons (Fsp3) is 0.643. The first-order valence-corrected chi connectivity index (χ1v) is 7.17. The van der Waals surface area contributed by atoms with Crippen LogP contribution in [-0.4, -0.2) is 32.9 Å². The van der Waals surface area contributed by atoms with E-state index < -0.39 is 18.0 Å².